The third-order valence-corrected chi connectivity index (χ3v) is 4.10. The molecule has 1 aromatic carbocycles. The molecule has 2 rings (SSSR count). The van der Waals surface area contributed by atoms with E-state index in [-0.39, 0.29) is 31.5 Å². The lowest BCUT2D eigenvalue weighted by Crippen LogP contribution is -2.54. The fraction of sp³-hybridized carbons (Fsp3) is 0.588. The molecule has 0 saturated carbocycles. The molecule has 1 aliphatic rings. The van der Waals surface area contributed by atoms with Gasteiger partial charge in [0.25, 0.3) is 0 Å². The zero-order valence-electron chi connectivity index (χ0n) is 13.8. The van der Waals surface area contributed by atoms with E-state index in [1.807, 2.05) is 13.8 Å². The summed E-state index contributed by atoms with van der Waals surface area (Å²) < 4.78 is 43.9. The minimum atomic E-state index is -4.66. The number of amides is 1. The van der Waals surface area contributed by atoms with Crippen LogP contribution >= 0.6 is 0 Å². The number of ether oxygens (including phenoxy) is 1. The number of aliphatic hydroxyl groups is 1. The fourth-order valence-corrected chi connectivity index (χ4v) is 2.70. The van der Waals surface area contributed by atoms with Crippen LogP contribution in [0.2, 0.25) is 0 Å². The van der Waals surface area contributed by atoms with Gasteiger partial charge in [0.05, 0.1) is 12.5 Å². The summed E-state index contributed by atoms with van der Waals surface area (Å²) in [5, 5.41) is 9.64. The minimum Gasteiger partial charge on any atom is -0.491 e. The molecule has 1 aliphatic heterocycles. The van der Waals surface area contributed by atoms with Crippen LogP contribution in [-0.4, -0.2) is 46.9 Å². The van der Waals surface area contributed by atoms with Crippen LogP contribution in [0.25, 0.3) is 0 Å². The molecule has 1 aromatic rings. The van der Waals surface area contributed by atoms with E-state index >= 15 is 0 Å². The molecule has 134 valence electrons. The van der Waals surface area contributed by atoms with Gasteiger partial charge < -0.3 is 14.7 Å². The number of piperidine rings is 1. The van der Waals surface area contributed by atoms with Gasteiger partial charge in [0.2, 0.25) is 5.91 Å². The maximum absolute atomic E-state index is 12.8. The summed E-state index contributed by atoms with van der Waals surface area (Å²) in [7, 11) is 0. The smallest absolute Gasteiger partial charge is 0.417 e. The standard InChI is InChI=1S/C17H22F3NO3/c1-12(2)24-14-5-3-4-13(10-14)11-15(22)21-8-6-16(23,7-9-21)17(18,19)20/h3-5,10,12,23H,6-9,11H2,1-2H3. The van der Waals surface area contributed by atoms with Crippen LogP contribution in [0.5, 0.6) is 5.75 Å². The summed E-state index contributed by atoms with van der Waals surface area (Å²) in [5.41, 5.74) is -1.94. The van der Waals surface area contributed by atoms with E-state index in [0.717, 1.165) is 5.56 Å². The summed E-state index contributed by atoms with van der Waals surface area (Å²) in [6, 6.07) is 7.10. The molecule has 1 amide bonds. The molecule has 0 atom stereocenters. The SMILES string of the molecule is CC(C)Oc1cccc(CC(=O)N2CCC(O)(C(F)(F)F)CC2)c1. The van der Waals surface area contributed by atoms with Gasteiger partial charge in [0.15, 0.2) is 5.60 Å². The normalized spacial score (nSPS) is 17.9. The van der Waals surface area contributed by atoms with E-state index in [1.165, 1.54) is 4.90 Å². The minimum absolute atomic E-state index is 0.0121. The summed E-state index contributed by atoms with van der Waals surface area (Å²) in [6.07, 6.45) is -5.53. The molecule has 1 fully saturated rings. The molecule has 4 nitrogen and oxygen atoms in total. The molecule has 24 heavy (non-hydrogen) atoms. The maximum Gasteiger partial charge on any atom is 0.417 e. The predicted molar refractivity (Wildman–Crippen MR) is 82.7 cm³/mol. The molecule has 7 heteroatoms. The number of hydrogen-bond donors (Lipinski definition) is 1. The molecule has 1 N–H and O–H groups in total. The van der Waals surface area contributed by atoms with Crippen molar-refractivity contribution in [2.45, 2.75) is 51.0 Å². The highest BCUT2D eigenvalue weighted by Gasteiger charge is 2.54. The third-order valence-electron chi connectivity index (χ3n) is 4.10. The predicted octanol–water partition coefficient (Wildman–Crippen LogP) is 2.93. The van der Waals surface area contributed by atoms with E-state index in [4.69, 9.17) is 4.74 Å². The molecule has 0 unspecified atom stereocenters. The van der Waals surface area contributed by atoms with Crippen LogP contribution in [-0.2, 0) is 11.2 Å². The second-order valence-electron chi connectivity index (χ2n) is 6.40. The van der Waals surface area contributed by atoms with Crippen molar-refractivity contribution in [3.8, 4) is 5.75 Å². The lowest BCUT2D eigenvalue weighted by molar-refractivity contribution is -0.272. The molecule has 1 heterocycles. The Hall–Kier alpha value is -1.76. The number of carbonyl (C=O) groups is 1. The summed E-state index contributed by atoms with van der Waals surface area (Å²) in [5.74, 6) is 0.404. The summed E-state index contributed by atoms with van der Waals surface area (Å²) >= 11 is 0. The second-order valence-corrected chi connectivity index (χ2v) is 6.40. The molecule has 0 aromatic heterocycles. The van der Waals surface area contributed by atoms with E-state index in [9.17, 15) is 23.1 Å². The van der Waals surface area contributed by atoms with Crippen molar-refractivity contribution >= 4 is 5.91 Å². The first-order valence-corrected chi connectivity index (χ1v) is 7.93. The first-order valence-electron chi connectivity index (χ1n) is 7.93. The van der Waals surface area contributed by atoms with Crippen LogP contribution in [0.3, 0.4) is 0 Å². The topological polar surface area (TPSA) is 49.8 Å². The molecule has 0 radical (unpaired) electrons. The van der Waals surface area contributed by atoms with Crippen molar-refractivity contribution < 1.29 is 27.8 Å². The van der Waals surface area contributed by atoms with Gasteiger partial charge in [-0.15, -0.1) is 0 Å². The Bertz CT molecular complexity index is 579. The zero-order chi connectivity index (χ0) is 18.0. The zero-order valence-corrected chi connectivity index (χ0v) is 13.8. The molecular formula is C17H22F3NO3. The Labute approximate surface area is 139 Å². The van der Waals surface area contributed by atoms with Crippen molar-refractivity contribution in [1.82, 2.24) is 4.90 Å². The van der Waals surface area contributed by atoms with E-state index in [2.05, 4.69) is 0 Å². The lowest BCUT2D eigenvalue weighted by atomic mass is 9.90. The number of likely N-dealkylation sites (tertiary alicyclic amines) is 1. The Balaban J connectivity index is 1.95. The van der Waals surface area contributed by atoms with Crippen LogP contribution in [0, 0.1) is 0 Å². The molecule has 1 saturated heterocycles. The number of halogens is 3. The Morgan fingerprint density at radius 2 is 1.96 bits per heavy atom. The van der Waals surface area contributed by atoms with Crippen molar-refractivity contribution in [3.05, 3.63) is 29.8 Å². The summed E-state index contributed by atoms with van der Waals surface area (Å²) in [4.78, 5) is 13.7. The number of benzene rings is 1. The van der Waals surface area contributed by atoms with Gasteiger partial charge in [-0.3, -0.25) is 4.79 Å². The van der Waals surface area contributed by atoms with Gasteiger partial charge in [-0.2, -0.15) is 13.2 Å². The number of alkyl halides is 3. The maximum atomic E-state index is 12.8. The Kier molecular flexibility index (Phi) is 5.42. The van der Waals surface area contributed by atoms with Crippen molar-refractivity contribution in [3.63, 3.8) is 0 Å². The quantitative estimate of drug-likeness (QED) is 0.913. The monoisotopic (exact) mass is 345 g/mol. The van der Waals surface area contributed by atoms with Crippen molar-refractivity contribution in [1.29, 1.82) is 0 Å². The highest BCUT2D eigenvalue weighted by Crippen LogP contribution is 2.38. The van der Waals surface area contributed by atoms with Gasteiger partial charge in [-0.25, -0.2) is 0 Å². The van der Waals surface area contributed by atoms with E-state index in [0.29, 0.717) is 5.75 Å². The average molecular weight is 345 g/mol. The fourth-order valence-electron chi connectivity index (χ4n) is 2.70. The number of nitrogens with zero attached hydrogens (tertiary/aromatic N) is 1. The van der Waals surface area contributed by atoms with Gasteiger partial charge >= 0.3 is 6.18 Å². The number of hydrogen-bond acceptors (Lipinski definition) is 3. The van der Waals surface area contributed by atoms with Crippen molar-refractivity contribution in [2.75, 3.05) is 13.1 Å². The van der Waals surface area contributed by atoms with Gasteiger partial charge in [-0.1, -0.05) is 12.1 Å². The highest BCUT2D eigenvalue weighted by atomic mass is 19.4. The van der Waals surface area contributed by atoms with Crippen LogP contribution in [0.1, 0.15) is 32.3 Å². The largest absolute Gasteiger partial charge is 0.491 e. The lowest BCUT2D eigenvalue weighted by Gasteiger charge is -2.39. The van der Waals surface area contributed by atoms with Crippen LogP contribution in [0.15, 0.2) is 24.3 Å². The number of carbonyl (C=O) groups excluding carboxylic acids is 1. The van der Waals surface area contributed by atoms with E-state index < -0.39 is 24.6 Å². The Morgan fingerprint density at radius 3 is 2.50 bits per heavy atom. The van der Waals surface area contributed by atoms with Gasteiger partial charge in [-0.05, 0) is 31.5 Å². The van der Waals surface area contributed by atoms with Crippen molar-refractivity contribution in [2.24, 2.45) is 0 Å². The van der Waals surface area contributed by atoms with Crippen LogP contribution in [0.4, 0.5) is 13.2 Å². The highest BCUT2D eigenvalue weighted by molar-refractivity contribution is 5.79. The third kappa shape index (κ3) is 4.41. The number of rotatable bonds is 4. The van der Waals surface area contributed by atoms with Gasteiger partial charge in [0.1, 0.15) is 5.75 Å². The average Bonchev–Trinajstić information content (AvgIpc) is 2.46. The second kappa shape index (κ2) is 7.01. The first kappa shape index (κ1) is 18.6. The molecular weight excluding hydrogens is 323 g/mol. The van der Waals surface area contributed by atoms with E-state index in [1.54, 1.807) is 24.3 Å². The van der Waals surface area contributed by atoms with Crippen LogP contribution < -0.4 is 4.74 Å². The molecule has 0 aliphatic carbocycles. The Morgan fingerprint density at radius 1 is 1.33 bits per heavy atom. The molecule has 0 bridgehead atoms. The first-order chi connectivity index (χ1) is 11.1. The van der Waals surface area contributed by atoms with Gasteiger partial charge in [0, 0.05) is 25.9 Å². The molecule has 0 spiro atoms. The summed E-state index contributed by atoms with van der Waals surface area (Å²) in [6.45, 7) is 3.59.